The molecule has 2 aliphatic heterocycles. The average Bonchev–Trinajstić information content (AvgIpc) is 2.96. The highest BCUT2D eigenvalue weighted by atomic mass is 35.5. The highest BCUT2D eigenvalue weighted by Gasteiger charge is 2.46. The fourth-order valence-corrected chi connectivity index (χ4v) is 4.35. The Hall–Kier alpha value is -0.320. The second-order valence-electron chi connectivity index (χ2n) is 6.77. The lowest BCUT2D eigenvalue weighted by Gasteiger charge is -2.28. The third kappa shape index (κ3) is 4.40. The Morgan fingerprint density at radius 2 is 1.87 bits per heavy atom. The van der Waals surface area contributed by atoms with E-state index in [-0.39, 0.29) is 24.8 Å². The maximum absolute atomic E-state index is 5.18. The lowest BCUT2D eigenvalue weighted by Crippen LogP contribution is -2.30. The molecule has 0 spiro atoms. The van der Waals surface area contributed by atoms with E-state index in [1.165, 1.54) is 37.3 Å². The first-order chi connectivity index (χ1) is 10.2. The van der Waals surface area contributed by atoms with Gasteiger partial charge in [-0.1, -0.05) is 24.3 Å². The minimum absolute atomic E-state index is 0. The summed E-state index contributed by atoms with van der Waals surface area (Å²) in [6, 6.07) is 9.52. The van der Waals surface area contributed by atoms with Crippen molar-refractivity contribution in [3.63, 3.8) is 0 Å². The molecular weight excluding hydrogens is 331 g/mol. The molecule has 132 valence electrons. The summed E-state index contributed by atoms with van der Waals surface area (Å²) in [5.41, 5.74) is 2.97. The van der Waals surface area contributed by atoms with Crippen LogP contribution >= 0.6 is 24.8 Å². The summed E-state index contributed by atoms with van der Waals surface area (Å²) < 4.78 is 5.18. The molecule has 2 saturated heterocycles. The second-order valence-corrected chi connectivity index (χ2v) is 6.77. The summed E-state index contributed by atoms with van der Waals surface area (Å²) in [7, 11) is 4.09. The molecule has 0 N–H and O–H groups in total. The number of nitrogens with zero attached hydrogens (tertiary/aromatic N) is 2. The van der Waals surface area contributed by atoms with Crippen LogP contribution in [0.3, 0.4) is 0 Å². The first-order valence-corrected chi connectivity index (χ1v) is 8.17. The molecule has 2 aliphatic rings. The van der Waals surface area contributed by atoms with Gasteiger partial charge >= 0.3 is 0 Å². The van der Waals surface area contributed by atoms with Crippen molar-refractivity contribution < 1.29 is 4.74 Å². The first kappa shape index (κ1) is 20.7. The lowest BCUT2D eigenvalue weighted by atomic mass is 9.88. The molecule has 0 aromatic heterocycles. The van der Waals surface area contributed by atoms with Crippen molar-refractivity contribution in [2.45, 2.75) is 19.4 Å². The number of likely N-dealkylation sites (tertiary alicyclic amines) is 2. The Bertz CT molecular complexity index is 486. The monoisotopic (exact) mass is 360 g/mol. The van der Waals surface area contributed by atoms with Gasteiger partial charge in [0.2, 0.25) is 0 Å². The van der Waals surface area contributed by atoms with Crippen LogP contribution in [0.25, 0.3) is 0 Å². The van der Waals surface area contributed by atoms with Gasteiger partial charge in [-0.2, -0.15) is 0 Å². The van der Waals surface area contributed by atoms with E-state index in [0.717, 1.165) is 24.9 Å². The molecule has 0 aliphatic carbocycles. The maximum atomic E-state index is 5.18. The number of aryl methyl sites for hydroxylation is 1. The highest BCUT2D eigenvalue weighted by molar-refractivity contribution is 5.85. The van der Waals surface area contributed by atoms with Gasteiger partial charge in [0, 0.05) is 45.9 Å². The van der Waals surface area contributed by atoms with Crippen molar-refractivity contribution in [3.8, 4) is 0 Å². The maximum Gasteiger partial charge on any atom is 0.0474 e. The second kappa shape index (κ2) is 9.24. The highest BCUT2D eigenvalue weighted by Crippen LogP contribution is 2.44. The van der Waals surface area contributed by atoms with Gasteiger partial charge in [0.1, 0.15) is 0 Å². The molecule has 2 heterocycles. The fourth-order valence-electron chi connectivity index (χ4n) is 4.35. The minimum Gasteiger partial charge on any atom is -0.385 e. The number of methoxy groups -OCH3 is 1. The third-order valence-electron chi connectivity index (χ3n) is 5.30. The number of hydrogen-bond acceptors (Lipinski definition) is 3. The number of halogens is 2. The molecule has 5 heteroatoms. The van der Waals surface area contributed by atoms with Crippen LogP contribution in [0.2, 0.25) is 0 Å². The van der Waals surface area contributed by atoms with E-state index in [1.807, 2.05) is 0 Å². The molecule has 0 radical (unpaired) electrons. The number of ether oxygens (including phenoxy) is 1. The van der Waals surface area contributed by atoms with Crippen LogP contribution < -0.4 is 0 Å². The normalized spacial score (nSPS) is 27.3. The van der Waals surface area contributed by atoms with Crippen LogP contribution in [-0.4, -0.2) is 56.7 Å². The number of fused-ring (bicyclic) bond motifs is 1. The van der Waals surface area contributed by atoms with Gasteiger partial charge in [-0.15, -0.1) is 24.8 Å². The molecule has 0 bridgehead atoms. The predicted octanol–water partition coefficient (Wildman–Crippen LogP) is 3.41. The number of benzene rings is 1. The van der Waals surface area contributed by atoms with E-state index in [0.29, 0.717) is 6.04 Å². The standard InChI is InChI=1S/C18H28N2O.2ClH/c1-14-7-4-5-8-16(14)18-17-13-20(9-6-10-21-3)12-15(17)11-19(18)2;;/h4-5,7-8,15,17-18H,6,9-13H2,1-3H3;2*1H/t15-,17+,18-;;/m0../s1. The SMILES string of the molecule is COCCCN1C[C@@H]2CN(C)[C@@H](c3ccccc3C)[C@@H]2C1.Cl.Cl. The topological polar surface area (TPSA) is 15.7 Å². The molecule has 3 rings (SSSR count). The van der Waals surface area contributed by atoms with Crippen LogP contribution in [-0.2, 0) is 4.74 Å². The number of rotatable bonds is 5. The van der Waals surface area contributed by atoms with Gasteiger partial charge in [-0.05, 0) is 43.4 Å². The molecule has 23 heavy (non-hydrogen) atoms. The van der Waals surface area contributed by atoms with Gasteiger partial charge in [0.25, 0.3) is 0 Å². The Kier molecular flexibility index (Phi) is 8.32. The molecule has 0 amide bonds. The van der Waals surface area contributed by atoms with E-state index >= 15 is 0 Å². The van der Waals surface area contributed by atoms with Gasteiger partial charge in [-0.3, -0.25) is 4.90 Å². The zero-order chi connectivity index (χ0) is 14.8. The van der Waals surface area contributed by atoms with Crippen molar-refractivity contribution in [3.05, 3.63) is 35.4 Å². The molecule has 1 aromatic carbocycles. The zero-order valence-corrected chi connectivity index (χ0v) is 16.0. The van der Waals surface area contributed by atoms with Crippen molar-refractivity contribution in [1.82, 2.24) is 9.80 Å². The summed E-state index contributed by atoms with van der Waals surface area (Å²) in [6.07, 6.45) is 1.15. The summed E-state index contributed by atoms with van der Waals surface area (Å²) in [5, 5.41) is 0. The third-order valence-corrected chi connectivity index (χ3v) is 5.30. The van der Waals surface area contributed by atoms with Crippen molar-refractivity contribution >= 4 is 24.8 Å². The predicted molar refractivity (Wildman–Crippen MR) is 101 cm³/mol. The van der Waals surface area contributed by atoms with Gasteiger partial charge < -0.3 is 9.64 Å². The van der Waals surface area contributed by atoms with Crippen LogP contribution in [0.5, 0.6) is 0 Å². The van der Waals surface area contributed by atoms with E-state index in [1.54, 1.807) is 7.11 Å². The van der Waals surface area contributed by atoms with Crippen LogP contribution in [0.4, 0.5) is 0 Å². The molecule has 0 saturated carbocycles. The summed E-state index contributed by atoms with van der Waals surface area (Å²) in [4.78, 5) is 5.22. The summed E-state index contributed by atoms with van der Waals surface area (Å²) >= 11 is 0. The van der Waals surface area contributed by atoms with E-state index in [9.17, 15) is 0 Å². The Labute approximate surface area is 153 Å². The summed E-state index contributed by atoms with van der Waals surface area (Å²) in [5.74, 6) is 1.63. The van der Waals surface area contributed by atoms with Gasteiger partial charge in [0.05, 0.1) is 0 Å². The largest absolute Gasteiger partial charge is 0.385 e. The molecule has 1 aromatic rings. The molecule has 3 nitrogen and oxygen atoms in total. The summed E-state index contributed by atoms with van der Waals surface area (Å²) in [6.45, 7) is 8.07. The van der Waals surface area contributed by atoms with Gasteiger partial charge in [-0.25, -0.2) is 0 Å². The van der Waals surface area contributed by atoms with E-state index < -0.39 is 0 Å². The smallest absolute Gasteiger partial charge is 0.0474 e. The van der Waals surface area contributed by atoms with Crippen molar-refractivity contribution in [1.29, 1.82) is 0 Å². The van der Waals surface area contributed by atoms with Crippen molar-refractivity contribution in [2.24, 2.45) is 11.8 Å². The average molecular weight is 361 g/mol. The Morgan fingerprint density at radius 3 is 2.57 bits per heavy atom. The van der Waals surface area contributed by atoms with Crippen molar-refractivity contribution in [2.75, 3.05) is 46.9 Å². The van der Waals surface area contributed by atoms with Crippen LogP contribution in [0, 0.1) is 18.8 Å². The molecule has 0 unspecified atom stereocenters. The first-order valence-electron chi connectivity index (χ1n) is 8.17. The fraction of sp³-hybridized carbons (Fsp3) is 0.667. The minimum atomic E-state index is 0. The zero-order valence-electron chi connectivity index (χ0n) is 14.4. The van der Waals surface area contributed by atoms with Crippen LogP contribution in [0.15, 0.2) is 24.3 Å². The molecular formula is C18H30Cl2N2O. The number of hydrogen-bond donors (Lipinski definition) is 0. The van der Waals surface area contributed by atoms with Gasteiger partial charge in [0.15, 0.2) is 0 Å². The van der Waals surface area contributed by atoms with E-state index in [2.05, 4.69) is 48.0 Å². The molecule has 3 atom stereocenters. The van der Waals surface area contributed by atoms with E-state index in [4.69, 9.17) is 4.74 Å². The lowest BCUT2D eigenvalue weighted by molar-refractivity contribution is 0.171. The Morgan fingerprint density at radius 1 is 1.13 bits per heavy atom. The quantitative estimate of drug-likeness (QED) is 0.748. The van der Waals surface area contributed by atoms with Crippen LogP contribution in [0.1, 0.15) is 23.6 Å². The Balaban J connectivity index is 0.00000132. The molecule has 2 fully saturated rings.